The van der Waals surface area contributed by atoms with E-state index >= 15 is 0 Å². The monoisotopic (exact) mass is 264 g/mol. The van der Waals surface area contributed by atoms with Gasteiger partial charge in [0, 0.05) is 12.7 Å². The summed E-state index contributed by atoms with van der Waals surface area (Å²) in [6.07, 6.45) is 3.66. The zero-order valence-electron chi connectivity index (χ0n) is 11.0. The number of hydrogen-bond acceptors (Lipinski definition) is 3. The second-order valence-corrected chi connectivity index (χ2v) is 6.19. The molecule has 1 aromatic rings. The van der Waals surface area contributed by atoms with Crippen LogP contribution in [0.1, 0.15) is 38.7 Å². The molecule has 3 heteroatoms. The minimum absolute atomic E-state index is 0.0744. The topological polar surface area (TPSA) is 29.6 Å². The Morgan fingerprint density at radius 3 is 2.72 bits per heavy atom. The van der Waals surface area contributed by atoms with Crippen molar-refractivity contribution >= 4 is 16.9 Å². The molecule has 1 aromatic carbocycles. The molecular weight excluding hydrogens is 244 g/mol. The first kappa shape index (κ1) is 13.6. The van der Waals surface area contributed by atoms with Crippen LogP contribution in [0.4, 0.5) is 0 Å². The third-order valence-corrected chi connectivity index (χ3v) is 4.36. The van der Waals surface area contributed by atoms with Crippen LogP contribution in [0.2, 0.25) is 0 Å². The van der Waals surface area contributed by atoms with Crippen molar-refractivity contribution in [3.63, 3.8) is 0 Å². The van der Waals surface area contributed by atoms with E-state index < -0.39 is 0 Å². The van der Waals surface area contributed by atoms with Crippen molar-refractivity contribution in [3.8, 4) is 0 Å². The van der Waals surface area contributed by atoms with E-state index in [9.17, 15) is 4.79 Å². The quantitative estimate of drug-likeness (QED) is 0.579. The van der Waals surface area contributed by atoms with Crippen molar-refractivity contribution < 1.29 is 9.53 Å². The highest BCUT2D eigenvalue weighted by molar-refractivity contribution is 8.13. The molecule has 0 aliphatic carbocycles. The van der Waals surface area contributed by atoms with Gasteiger partial charge in [-0.2, -0.15) is 0 Å². The average Bonchev–Trinajstić information content (AvgIpc) is 3.02. The lowest BCUT2D eigenvalue weighted by Crippen LogP contribution is -2.07. The molecule has 1 aliphatic rings. The molecule has 0 bridgehead atoms. The maximum Gasteiger partial charge on any atom is 0.185 e. The van der Waals surface area contributed by atoms with Crippen molar-refractivity contribution in [1.82, 2.24) is 0 Å². The summed E-state index contributed by atoms with van der Waals surface area (Å²) in [5.41, 5.74) is 1.20. The highest BCUT2D eigenvalue weighted by Crippen LogP contribution is 2.48. The van der Waals surface area contributed by atoms with Crippen LogP contribution in [-0.2, 0) is 15.1 Å². The Morgan fingerprint density at radius 1 is 1.33 bits per heavy atom. The number of rotatable bonds is 6. The van der Waals surface area contributed by atoms with Crippen molar-refractivity contribution in [1.29, 1.82) is 0 Å². The van der Waals surface area contributed by atoms with E-state index in [4.69, 9.17) is 4.74 Å². The standard InChI is InChI=1S/C15H20O2S/c1-12(16)18-11-7-6-10-14-15(2,17-14)13-8-4-3-5-9-13/h3-5,8-9,14H,6-7,10-11H2,1-2H3. The maximum absolute atomic E-state index is 10.8. The third-order valence-electron chi connectivity index (χ3n) is 3.46. The van der Waals surface area contributed by atoms with E-state index in [1.807, 2.05) is 6.07 Å². The Kier molecular flexibility index (Phi) is 4.46. The lowest BCUT2D eigenvalue weighted by molar-refractivity contribution is -0.109. The number of benzene rings is 1. The molecule has 0 saturated carbocycles. The van der Waals surface area contributed by atoms with Gasteiger partial charge in [-0.1, -0.05) is 42.1 Å². The third kappa shape index (κ3) is 3.36. The predicted molar refractivity (Wildman–Crippen MR) is 75.7 cm³/mol. The molecule has 0 radical (unpaired) electrons. The van der Waals surface area contributed by atoms with Crippen LogP contribution in [0.5, 0.6) is 0 Å². The van der Waals surface area contributed by atoms with Gasteiger partial charge in [0.15, 0.2) is 5.12 Å². The molecule has 0 spiro atoms. The van der Waals surface area contributed by atoms with E-state index in [1.165, 1.54) is 17.3 Å². The molecule has 2 rings (SSSR count). The number of hydrogen-bond donors (Lipinski definition) is 0. The molecule has 0 N–H and O–H groups in total. The van der Waals surface area contributed by atoms with Gasteiger partial charge in [0.1, 0.15) is 5.60 Å². The van der Waals surface area contributed by atoms with Crippen molar-refractivity contribution in [3.05, 3.63) is 35.9 Å². The minimum atomic E-state index is -0.0744. The molecule has 2 nitrogen and oxygen atoms in total. The average molecular weight is 264 g/mol. The smallest absolute Gasteiger partial charge is 0.185 e. The van der Waals surface area contributed by atoms with Gasteiger partial charge < -0.3 is 4.74 Å². The molecule has 1 saturated heterocycles. The first-order chi connectivity index (χ1) is 8.63. The first-order valence-electron chi connectivity index (χ1n) is 6.49. The summed E-state index contributed by atoms with van der Waals surface area (Å²) in [7, 11) is 0. The predicted octanol–water partition coefficient (Wildman–Crippen LogP) is 3.75. The fraction of sp³-hybridized carbons (Fsp3) is 0.533. The summed E-state index contributed by atoms with van der Waals surface area (Å²) < 4.78 is 5.84. The number of carbonyl (C=O) groups excluding carboxylic acids is 1. The van der Waals surface area contributed by atoms with Crippen LogP contribution in [-0.4, -0.2) is 17.0 Å². The number of thioether (sulfide) groups is 1. The van der Waals surface area contributed by atoms with E-state index in [2.05, 4.69) is 31.2 Å². The molecule has 98 valence electrons. The first-order valence-corrected chi connectivity index (χ1v) is 7.48. The van der Waals surface area contributed by atoms with E-state index in [0.717, 1.165) is 25.0 Å². The van der Waals surface area contributed by atoms with Gasteiger partial charge in [0.25, 0.3) is 0 Å². The van der Waals surface area contributed by atoms with Crippen molar-refractivity contribution in [2.45, 2.75) is 44.8 Å². The van der Waals surface area contributed by atoms with Crippen LogP contribution in [0.3, 0.4) is 0 Å². The highest BCUT2D eigenvalue weighted by Gasteiger charge is 2.52. The van der Waals surface area contributed by atoms with Crippen LogP contribution in [0.15, 0.2) is 30.3 Å². The molecule has 1 aliphatic heterocycles. The number of unbranched alkanes of at least 4 members (excludes halogenated alkanes) is 1. The van der Waals surface area contributed by atoms with Gasteiger partial charge in [0.05, 0.1) is 6.10 Å². The zero-order chi connectivity index (χ0) is 13.0. The lowest BCUT2D eigenvalue weighted by Gasteiger charge is -2.06. The SMILES string of the molecule is CC(=O)SCCCCC1OC1(C)c1ccccc1. The van der Waals surface area contributed by atoms with Crippen LogP contribution < -0.4 is 0 Å². The summed E-state index contributed by atoms with van der Waals surface area (Å²) in [5.74, 6) is 0.935. The molecular formula is C15H20O2S. The summed E-state index contributed by atoms with van der Waals surface area (Å²) in [6, 6.07) is 10.4. The van der Waals surface area contributed by atoms with Crippen LogP contribution in [0.25, 0.3) is 0 Å². The van der Waals surface area contributed by atoms with Gasteiger partial charge in [-0.15, -0.1) is 0 Å². The largest absolute Gasteiger partial charge is 0.361 e. The van der Waals surface area contributed by atoms with Gasteiger partial charge in [-0.05, 0) is 31.7 Å². The fourth-order valence-electron chi connectivity index (χ4n) is 2.27. The van der Waals surface area contributed by atoms with Crippen molar-refractivity contribution in [2.24, 2.45) is 0 Å². The Morgan fingerprint density at radius 2 is 2.06 bits per heavy atom. The van der Waals surface area contributed by atoms with E-state index in [1.54, 1.807) is 6.92 Å². The molecule has 1 heterocycles. The molecule has 18 heavy (non-hydrogen) atoms. The Bertz CT molecular complexity index is 404. The minimum Gasteiger partial charge on any atom is -0.361 e. The maximum atomic E-state index is 10.8. The van der Waals surface area contributed by atoms with E-state index in [0.29, 0.717) is 6.10 Å². The molecule has 2 atom stereocenters. The van der Waals surface area contributed by atoms with Crippen LogP contribution >= 0.6 is 11.8 Å². The zero-order valence-corrected chi connectivity index (χ0v) is 11.8. The van der Waals surface area contributed by atoms with Gasteiger partial charge in [-0.3, -0.25) is 4.79 Å². The van der Waals surface area contributed by atoms with E-state index in [-0.39, 0.29) is 10.7 Å². The van der Waals surface area contributed by atoms with Gasteiger partial charge in [-0.25, -0.2) is 0 Å². The molecule has 0 amide bonds. The number of epoxide rings is 1. The normalized spacial score (nSPS) is 26.0. The van der Waals surface area contributed by atoms with Gasteiger partial charge >= 0.3 is 0 Å². The Labute approximate surface area is 113 Å². The second-order valence-electron chi connectivity index (χ2n) is 4.92. The highest BCUT2D eigenvalue weighted by atomic mass is 32.2. The molecule has 0 aromatic heterocycles. The summed E-state index contributed by atoms with van der Waals surface area (Å²) in [4.78, 5) is 10.8. The fourth-order valence-corrected chi connectivity index (χ4v) is 2.90. The number of ether oxygens (including phenoxy) is 1. The summed E-state index contributed by atoms with van der Waals surface area (Å²) >= 11 is 1.42. The summed E-state index contributed by atoms with van der Waals surface area (Å²) in [5, 5.41) is 0.215. The summed E-state index contributed by atoms with van der Waals surface area (Å²) in [6.45, 7) is 3.79. The lowest BCUT2D eigenvalue weighted by atomic mass is 9.95. The van der Waals surface area contributed by atoms with Crippen molar-refractivity contribution in [2.75, 3.05) is 5.75 Å². The second kappa shape index (κ2) is 5.89. The number of carbonyl (C=O) groups is 1. The van der Waals surface area contributed by atoms with Gasteiger partial charge in [0.2, 0.25) is 0 Å². The van der Waals surface area contributed by atoms with Crippen LogP contribution in [0, 0.1) is 0 Å². The molecule has 1 fully saturated rings. The molecule has 2 unspecified atom stereocenters. The Hall–Kier alpha value is -0.800. The Balaban J connectivity index is 1.70.